The third-order valence-corrected chi connectivity index (χ3v) is 6.27. The maximum absolute atomic E-state index is 12.7. The van der Waals surface area contributed by atoms with E-state index in [9.17, 15) is 13.2 Å². The fourth-order valence-corrected chi connectivity index (χ4v) is 4.30. The second-order valence-corrected chi connectivity index (χ2v) is 7.94. The third kappa shape index (κ3) is 3.66. The van der Waals surface area contributed by atoms with Gasteiger partial charge in [0.05, 0.1) is 12.0 Å². The molecule has 1 saturated heterocycles. The van der Waals surface area contributed by atoms with Gasteiger partial charge in [0, 0.05) is 37.4 Å². The predicted molar refractivity (Wildman–Crippen MR) is 98.5 cm³/mol. The van der Waals surface area contributed by atoms with Gasteiger partial charge in [-0.05, 0) is 42.5 Å². The molecule has 1 fully saturated rings. The fraction of sp³-hybridized carbons (Fsp3) is 0.278. The van der Waals surface area contributed by atoms with Crippen LogP contribution < -0.4 is 10.5 Å². The van der Waals surface area contributed by atoms with Gasteiger partial charge in [0.15, 0.2) is 0 Å². The summed E-state index contributed by atoms with van der Waals surface area (Å²) in [7, 11) is -2.06. The number of methoxy groups -OCH3 is 1. The topological polar surface area (TPSA) is 92.9 Å². The van der Waals surface area contributed by atoms with E-state index in [4.69, 9.17) is 10.5 Å². The van der Waals surface area contributed by atoms with E-state index in [0.717, 1.165) is 0 Å². The lowest BCUT2D eigenvalue weighted by Crippen LogP contribution is -2.50. The molecule has 2 aromatic carbocycles. The summed E-state index contributed by atoms with van der Waals surface area (Å²) in [5, 5.41) is 0. The van der Waals surface area contributed by atoms with Crippen molar-refractivity contribution < 1.29 is 17.9 Å². The van der Waals surface area contributed by atoms with Crippen molar-refractivity contribution in [2.45, 2.75) is 4.90 Å². The highest BCUT2D eigenvalue weighted by Gasteiger charge is 2.30. The Balaban J connectivity index is 1.68. The molecule has 1 heterocycles. The Morgan fingerprint density at radius 2 is 1.69 bits per heavy atom. The lowest BCUT2D eigenvalue weighted by atomic mass is 10.1. The quantitative estimate of drug-likeness (QED) is 0.816. The monoisotopic (exact) mass is 375 g/mol. The van der Waals surface area contributed by atoms with Crippen molar-refractivity contribution in [3.63, 3.8) is 0 Å². The summed E-state index contributed by atoms with van der Waals surface area (Å²) in [6, 6.07) is 13.1. The summed E-state index contributed by atoms with van der Waals surface area (Å²) in [5.74, 6) is 0.459. The summed E-state index contributed by atoms with van der Waals surface area (Å²) in [5.41, 5.74) is 6.76. The number of piperazine rings is 1. The number of nitrogens with two attached hydrogens (primary N) is 1. The van der Waals surface area contributed by atoms with E-state index >= 15 is 0 Å². The number of benzene rings is 2. The largest absolute Gasteiger partial charge is 0.497 e. The molecule has 0 unspecified atom stereocenters. The number of nitrogen functional groups attached to an aromatic ring is 1. The molecule has 26 heavy (non-hydrogen) atoms. The Bertz CT molecular complexity index is 889. The average Bonchev–Trinajstić information content (AvgIpc) is 2.67. The summed E-state index contributed by atoms with van der Waals surface area (Å²) >= 11 is 0. The fourth-order valence-electron chi connectivity index (χ4n) is 2.88. The van der Waals surface area contributed by atoms with Gasteiger partial charge in [-0.25, -0.2) is 8.42 Å². The Kier molecular flexibility index (Phi) is 5.15. The number of sulfonamides is 1. The van der Waals surface area contributed by atoms with Gasteiger partial charge in [-0.15, -0.1) is 0 Å². The summed E-state index contributed by atoms with van der Waals surface area (Å²) in [6.07, 6.45) is 0. The highest BCUT2D eigenvalue weighted by Crippen LogP contribution is 2.21. The SMILES string of the molecule is COc1ccc(S(=O)(=O)N2CCN(C(=O)c3cccc(N)c3)CC2)cc1. The number of hydrogen-bond acceptors (Lipinski definition) is 5. The standard InChI is InChI=1S/C18H21N3O4S/c1-25-16-5-7-17(8-6-16)26(23,24)21-11-9-20(10-12-21)18(22)14-3-2-4-15(19)13-14/h2-8,13H,9-12,19H2,1H3. The number of carbonyl (C=O) groups is 1. The molecule has 1 aliphatic heterocycles. The van der Waals surface area contributed by atoms with Crippen molar-refractivity contribution in [3.05, 3.63) is 54.1 Å². The van der Waals surface area contributed by atoms with Crippen molar-refractivity contribution in [1.82, 2.24) is 9.21 Å². The zero-order chi connectivity index (χ0) is 18.7. The smallest absolute Gasteiger partial charge is 0.254 e. The number of nitrogens with zero attached hydrogens (tertiary/aromatic N) is 2. The van der Waals surface area contributed by atoms with Crippen LogP contribution >= 0.6 is 0 Å². The summed E-state index contributed by atoms with van der Waals surface area (Å²) < 4.78 is 31.9. The molecule has 0 saturated carbocycles. The maximum Gasteiger partial charge on any atom is 0.254 e. The first-order chi connectivity index (χ1) is 12.4. The molecular formula is C18H21N3O4S. The molecule has 0 radical (unpaired) electrons. The van der Waals surface area contributed by atoms with Gasteiger partial charge in [-0.1, -0.05) is 6.07 Å². The predicted octanol–water partition coefficient (Wildman–Crippen LogP) is 1.42. The highest BCUT2D eigenvalue weighted by molar-refractivity contribution is 7.89. The van der Waals surface area contributed by atoms with Gasteiger partial charge < -0.3 is 15.4 Å². The zero-order valence-corrected chi connectivity index (χ0v) is 15.3. The van der Waals surface area contributed by atoms with E-state index < -0.39 is 10.0 Å². The molecule has 0 atom stereocenters. The van der Waals surface area contributed by atoms with Crippen molar-refractivity contribution in [2.75, 3.05) is 39.0 Å². The van der Waals surface area contributed by atoms with Crippen molar-refractivity contribution in [1.29, 1.82) is 0 Å². The van der Waals surface area contributed by atoms with Crippen LogP contribution in [0.5, 0.6) is 5.75 Å². The van der Waals surface area contributed by atoms with E-state index in [1.54, 1.807) is 41.3 Å². The van der Waals surface area contributed by atoms with Gasteiger partial charge in [-0.3, -0.25) is 4.79 Å². The number of anilines is 1. The van der Waals surface area contributed by atoms with Crippen molar-refractivity contribution in [3.8, 4) is 5.75 Å². The van der Waals surface area contributed by atoms with Crippen LogP contribution in [0.25, 0.3) is 0 Å². The number of carbonyl (C=O) groups excluding carboxylic acids is 1. The van der Waals surface area contributed by atoms with E-state index in [0.29, 0.717) is 30.1 Å². The Labute approximate surface area is 153 Å². The Morgan fingerprint density at radius 3 is 2.27 bits per heavy atom. The first-order valence-corrected chi connectivity index (χ1v) is 9.65. The van der Waals surface area contributed by atoms with Crippen LogP contribution in [0.3, 0.4) is 0 Å². The lowest BCUT2D eigenvalue weighted by Gasteiger charge is -2.34. The molecule has 0 aromatic heterocycles. The van der Waals surface area contributed by atoms with Gasteiger partial charge in [-0.2, -0.15) is 4.31 Å². The van der Waals surface area contributed by atoms with Crippen molar-refractivity contribution in [2.24, 2.45) is 0 Å². The Hall–Kier alpha value is -2.58. The van der Waals surface area contributed by atoms with Crippen molar-refractivity contribution >= 4 is 21.6 Å². The normalized spacial score (nSPS) is 15.7. The number of amides is 1. The molecule has 1 amide bonds. The van der Waals surface area contributed by atoms with Crippen LogP contribution in [0.1, 0.15) is 10.4 Å². The molecule has 0 spiro atoms. The average molecular weight is 375 g/mol. The molecule has 0 bridgehead atoms. The molecule has 1 aliphatic rings. The molecule has 3 rings (SSSR count). The van der Waals surface area contributed by atoms with E-state index in [-0.39, 0.29) is 23.9 Å². The van der Waals surface area contributed by atoms with Gasteiger partial charge >= 0.3 is 0 Å². The first kappa shape index (κ1) is 18.2. The minimum Gasteiger partial charge on any atom is -0.497 e. The van der Waals surface area contributed by atoms with Gasteiger partial charge in [0.25, 0.3) is 5.91 Å². The zero-order valence-electron chi connectivity index (χ0n) is 14.5. The Morgan fingerprint density at radius 1 is 1.04 bits per heavy atom. The highest BCUT2D eigenvalue weighted by atomic mass is 32.2. The molecule has 0 aliphatic carbocycles. The van der Waals surface area contributed by atoms with Crippen LogP contribution in [-0.2, 0) is 10.0 Å². The molecule has 2 aromatic rings. The first-order valence-electron chi connectivity index (χ1n) is 8.21. The third-order valence-electron chi connectivity index (χ3n) is 4.36. The lowest BCUT2D eigenvalue weighted by molar-refractivity contribution is 0.0698. The summed E-state index contributed by atoms with van der Waals surface area (Å²) in [6.45, 7) is 1.18. The van der Waals surface area contributed by atoms with E-state index in [2.05, 4.69) is 0 Å². The minimum atomic E-state index is -3.59. The second-order valence-electron chi connectivity index (χ2n) is 6.00. The summed E-state index contributed by atoms with van der Waals surface area (Å²) in [4.78, 5) is 14.4. The number of rotatable bonds is 4. The van der Waals surface area contributed by atoms with E-state index in [1.165, 1.54) is 23.5 Å². The van der Waals surface area contributed by atoms with Crippen LogP contribution in [0.15, 0.2) is 53.4 Å². The molecule has 138 valence electrons. The molecular weight excluding hydrogens is 354 g/mol. The van der Waals surface area contributed by atoms with Gasteiger partial charge in [0.2, 0.25) is 10.0 Å². The minimum absolute atomic E-state index is 0.140. The molecule has 2 N–H and O–H groups in total. The molecule has 7 nitrogen and oxygen atoms in total. The maximum atomic E-state index is 12.7. The van der Waals surface area contributed by atoms with E-state index in [1.807, 2.05) is 0 Å². The van der Waals surface area contributed by atoms with Crippen LogP contribution in [0.2, 0.25) is 0 Å². The van der Waals surface area contributed by atoms with Crippen LogP contribution in [0, 0.1) is 0 Å². The molecule has 8 heteroatoms. The number of ether oxygens (including phenoxy) is 1. The second kappa shape index (κ2) is 7.35. The van der Waals surface area contributed by atoms with Crippen LogP contribution in [-0.4, -0.2) is 56.8 Å². The number of hydrogen-bond donors (Lipinski definition) is 1. The van der Waals surface area contributed by atoms with Gasteiger partial charge in [0.1, 0.15) is 5.75 Å². The van der Waals surface area contributed by atoms with Crippen LogP contribution in [0.4, 0.5) is 5.69 Å².